The van der Waals surface area contributed by atoms with Crippen LogP contribution in [-0.4, -0.2) is 4.57 Å². The molecule has 0 fully saturated rings. The Hall–Kier alpha value is -2.28. The Morgan fingerprint density at radius 1 is 0.640 bits per heavy atom. The van der Waals surface area contributed by atoms with Gasteiger partial charge in [0.1, 0.15) is 0 Å². The van der Waals surface area contributed by atoms with Gasteiger partial charge in [-0.2, -0.15) is 0 Å². The number of nitrogens with zero attached hydrogens (tertiary/aromatic N) is 1. The van der Waals surface area contributed by atoms with Gasteiger partial charge in [0, 0.05) is 18.1 Å². The quantitative estimate of drug-likeness (QED) is 0.490. The molecule has 130 valence electrons. The largest absolute Gasteiger partial charge is 0.324 e. The molecule has 0 radical (unpaired) electrons. The first kappa shape index (κ1) is 17.5. The van der Waals surface area contributed by atoms with E-state index in [1.165, 1.54) is 27.9 Å². The predicted molar refractivity (Wildman–Crippen MR) is 109 cm³/mol. The summed E-state index contributed by atoms with van der Waals surface area (Å²) >= 11 is 0. The molecule has 1 heterocycles. The van der Waals surface area contributed by atoms with Gasteiger partial charge in [0.2, 0.25) is 0 Å². The molecular weight excluding hydrogens is 302 g/mol. The smallest absolute Gasteiger partial charge is 0.0492 e. The molecule has 0 saturated carbocycles. The molecule has 0 bridgehead atoms. The molecule has 0 aliphatic rings. The Bertz CT molecular complexity index is 839. The Morgan fingerprint density at radius 3 is 1.72 bits per heavy atom. The number of hydrogen-bond acceptors (Lipinski definition) is 0. The third-order valence-corrected chi connectivity index (χ3v) is 4.77. The lowest BCUT2D eigenvalue weighted by atomic mass is 9.84. The molecule has 0 saturated heterocycles. The summed E-state index contributed by atoms with van der Waals surface area (Å²) in [5.74, 6) is 0. The number of benzene rings is 2. The van der Waals surface area contributed by atoms with Gasteiger partial charge in [-0.25, -0.2) is 0 Å². The highest BCUT2D eigenvalue weighted by Crippen LogP contribution is 2.33. The lowest BCUT2D eigenvalue weighted by molar-refractivity contribution is 0.586. The van der Waals surface area contributed by atoms with Gasteiger partial charge in [0.05, 0.1) is 0 Å². The fourth-order valence-corrected chi connectivity index (χ4v) is 3.22. The number of aromatic nitrogens is 1. The van der Waals surface area contributed by atoms with E-state index in [-0.39, 0.29) is 10.8 Å². The molecule has 1 nitrogen and oxygen atoms in total. The normalized spacial score (nSPS) is 12.4. The molecule has 0 amide bonds. The van der Waals surface area contributed by atoms with Gasteiger partial charge in [0.25, 0.3) is 0 Å². The molecule has 3 rings (SSSR count). The summed E-state index contributed by atoms with van der Waals surface area (Å²) in [7, 11) is 0. The van der Waals surface area contributed by atoms with Gasteiger partial charge in [-0.3, -0.25) is 0 Å². The zero-order valence-corrected chi connectivity index (χ0v) is 16.3. The first-order valence-electron chi connectivity index (χ1n) is 9.05. The summed E-state index contributed by atoms with van der Waals surface area (Å²) < 4.78 is 2.22. The standard InChI is InChI=1S/C24H29N/c1-23(2,3)20-12-9-18(10-13-20)19-11-14-21(24(4,5)6)22(17-19)25-15-7-8-16-25/h7-17H,1-6H3. The second-order valence-corrected chi connectivity index (χ2v) is 8.90. The Kier molecular flexibility index (Phi) is 4.36. The van der Waals surface area contributed by atoms with Crippen molar-refractivity contribution in [1.29, 1.82) is 0 Å². The van der Waals surface area contributed by atoms with Gasteiger partial charge < -0.3 is 4.57 Å². The molecule has 0 N–H and O–H groups in total. The van der Waals surface area contributed by atoms with Crippen molar-refractivity contribution < 1.29 is 0 Å². The highest BCUT2D eigenvalue weighted by Gasteiger charge is 2.19. The molecule has 0 aliphatic carbocycles. The lowest BCUT2D eigenvalue weighted by Gasteiger charge is -2.24. The van der Waals surface area contributed by atoms with Crippen LogP contribution in [0.3, 0.4) is 0 Å². The van der Waals surface area contributed by atoms with Crippen molar-refractivity contribution in [3.63, 3.8) is 0 Å². The van der Waals surface area contributed by atoms with Crippen LogP contribution in [0.2, 0.25) is 0 Å². The van der Waals surface area contributed by atoms with E-state index >= 15 is 0 Å². The van der Waals surface area contributed by atoms with Crippen LogP contribution < -0.4 is 0 Å². The molecule has 1 aromatic heterocycles. The highest BCUT2D eigenvalue weighted by molar-refractivity contribution is 5.68. The summed E-state index contributed by atoms with van der Waals surface area (Å²) in [5, 5.41) is 0. The van der Waals surface area contributed by atoms with Gasteiger partial charge in [-0.05, 0) is 51.3 Å². The third-order valence-electron chi connectivity index (χ3n) is 4.77. The Labute approximate surface area is 152 Å². The summed E-state index contributed by atoms with van der Waals surface area (Å²) in [6, 6.07) is 20.0. The minimum Gasteiger partial charge on any atom is -0.324 e. The minimum atomic E-state index is 0.105. The van der Waals surface area contributed by atoms with E-state index in [0.29, 0.717) is 0 Å². The average molecular weight is 332 g/mol. The van der Waals surface area contributed by atoms with E-state index in [4.69, 9.17) is 0 Å². The summed E-state index contributed by atoms with van der Waals surface area (Å²) in [6.07, 6.45) is 4.24. The zero-order chi connectivity index (χ0) is 18.2. The number of hydrogen-bond donors (Lipinski definition) is 0. The predicted octanol–water partition coefficient (Wildman–Crippen LogP) is 6.74. The molecule has 3 aromatic rings. The molecule has 1 heteroatoms. The SMILES string of the molecule is CC(C)(C)c1ccc(-c2ccc(C(C)(C)C)c(-n3cccc3)c2)cc1. The lowest BCUT2D eigenvalue weighted by Crippen LogP contribution is -2.15. The van der Waals surface area contributed by atoms with Crippen LogP contribution in [0.15, 0.2) is 67.0 Å². The second-order valence-electron chi connectivity index (χ2n) is 8.90. The van der Waals surface area contributed by atoms with Crippen LogP contribution in [0.4, 0.5) is 0 Å². The fourth-order valence-electron chi connectivity index (χ4n) is 3.22. The molecular formula is C24H29N. The van der Waals surface area contributed by atoms with Crippen LogP contribution in [0, 0.1) is 0 Å². The Morgan fingerprint density at radius 2 is 1.20 bits per heavy atom. The van der Waals surface area contributed by atoms with E-state index in [1.807, 2.05) is 0 Å². The molecule has 2 aromatic carbocycles. The average Bonchev–Trinajstić information content (AvgIpc) is 3.07. The van der Waals surface area contributed by atoms with Gasteiger partial charge >= 0.3 is 0 Å². The van der Waals surface area contributed by atoms with Gasteiger partial charge in [-0.15, -0.1) is 0 Å². The highest BCUT2D eigenvalue weighted by atomic mass is 14.9. The minimum absolute atomic E-state index is 0.105. The van der Waals surface area contributed by atoms with Crippen LogP contribution in [-0.2, 0) is 10.8 Å². The van der Waals surface area contributed by atoms with Crippen molar-refractivity contribution >= 4 is 0 Å². The van der Waals surface area contributed by atoms with Crippen LogP contribution in [0.25, 0.3) is 16.8 Å². The van der Waals surface area contributed by atoms with Crippen molar-refractivity contribution in [3.05, 3.63) is 78.1 Å². The maximum absolute atomic E-state index is 2.31. The topological polar surface area (TPSA) is 4.93 Å². The summed E-state index contributed by atoms with van der Waals surface area (Å²) in [5.41, 5.74) is 6.81. The van der Waals surface area contributed by atoms with Gasteiger partial charge in [0.15, 0.2) is 0 Å². The van der Waals surface area contributed by atoms with E-state index in [2.05, 4.69) is 113 Å². The first-order valence-corrected chi connectivity index (χ1v) is 9.05. The molecule has 0 spiro atoms. The van der Waals surface area contributed by atoms with E-state index in [0.717, 1.165) is 0 Å². The third kappa shape index (κ3) is 3.71. The fraction of sp³-hybridized carbons (Fsp3) is 0.333. The summed E-state index contributed by atoms with van der Waals surface area (Å²) in [6.45, 7) is 13.6. The number of rotatable bonds is 2. The van der Waals surface area contributed by atoms with Crippen LogP contribution in [0.5, 0.6) is 0 Å². The van der Waals surface area contributed by atoms with Crippen LogP contribution in [0.1, 0.15) is 52.7 Å². The van der Waals surface area contributed by atoms with E-state index in [1.54, 1.807) is 0 Å². The van der Waals surface area contributed by atoms with E-state index < -0.39 is 0 Å². The second kappa shape index (κ2) is 6.22. The molecule has 0 atom stereocenters. The van der Waals surface area contributed by atoms with Gasteiger partial charge in [-0.1, -0.05) is 77.9 Å². The maximum atomic E-state index is 2.31. The van der Waals surface area contributed by atoms with E-state index in [9.17, 15) is 0 Å². The van der Waals surface area contributed by atoms with Crippen molar-refractivity contribution in [3.8, 4) is 16.8 Å². The van der Waals surface area contributed by atoms with Crippen molar-refractivity contribution in [2.45, 2.75) is 52.4 Å². The zero-order valence-electron chi connectivity index (χ0n) is 16.3. The van der Waals surface area contributed by atoms with Crippen molar-refractivity contribution in [2.24, 2.45) is 0 Å². The van der Waals surface area contributed by atoms with Crippen molar-refractivity contribution in [1.82, 2.24) is 4.57 Å². The summed E-state index contributed by atoms with van der Waals surface area (Å²) in [4.78, 5) is 0. The Balaban J connectivity index is 2.08. The monoisotopic (exact) mass is 331 g/mol. The first-order chi connectivity index (χ1) is 11.7. The molecule has 0 unspecified atom stereocenters. The van der Waals surface area contributed by atoms with Crippen molar-refractivity contribution in [2.75, 3.05) is 0 Å². The van der Waals surface area contributed by atoms with Crippen LogP contribution >= 0.6 is 0 Å². The maximum Gasteiger partial charge on any atom is 0.0492 e. The molecule has 0 aliphatic heterocycles. The molecule has 25 heavy (non-hydrogen) atoms.